The average molecular weight is 592 g/mol. The molecule has 0 amide bonds. The van der Waals surface area contributed by atoms with E-state index in [9.17, 15) is 29.4 Å². The Balaban J connectivity index is 1.79. The number of aliphatic hydroxyl groups is 2. The van der Waals surface area contributed by atoms with Gasteiger partial charge in [0.05, 0.1) is 6.10 Å². The first-order valence-electron chi connectivity index (χ1n) is 15.2. The summed E-state index contributed by atoms with van der Waals surface area (Å²) in [7, 11) is 0. The molecule has 42 heavy (non-hydrogen) atoms. The molecule has 3 fully saturated rings. The molecule has 4 rings (SSSR count). The fraction of sp³-hybridized carbons (Fsp3) is 0.750. The lowest BCUT2D eigenvalue weighted by Gasteiger charge is -2.62. The highest BCUT2D eigenvalue weighted by Crippen LogP contribution is 2.71. The van der Waals surface area contributed by atoms with E-state index in [2.05, 4.69) is 0 Å². The maximum Gasteiger partial charge on any atom is 0.325 e. The average Bonchev–Trinajstić information content (AvgIpc) is 3.13. The van der Waals surface area contributed by atoms with Gasteiger partial charge in [0.1, 0.15) is 6.04 Å². The van der Waals surface area contributed by atoms with Crippen LogP contribution in [0.15, 0.2) is 23.8 Å². The van der Waals surface area contributed by atoms with E-state index in [1.54, 1.807) is 40.7 Å². The maximum absolute atomic E-state index is 17.6. The Kier molecular flexibility index (Phi) is 8.70. The Morgan fingerprint density at radius 3 is 2.50 bits per heavy atom. The number of Topliss-reactive ketones (excluding diaryl/α,β-unsaturated/α-hetero) is 1. The van der Waals surface area contributed by atoms with Gasteiger partial charge in [-0.3, -0.25) is 19.2 Å². The van der Waals surface area contributed by atoms with Crippen molar-refractivity contribution in [2.75, 3.05) is 0 Å². The summed E-state index contributed by atoms with van der Waals surface area (Å²) < 4.78 is 28.8. The summed E-state index contributed by atoms with van der Waals surface area (Å²) >= 11 is 0. The van der Waals surface area contributed by atoms with Gasteiger partial charge in [-0.05, 0) is 63.0 Å². The van der Waals surface area contributed by atoms with Crippen LogP contribution >= 0.6 is 0 Å². The Hall–Kier alpha value is -2.43. The van der Waals surface area contributed by atoms with Gasteiger partial charge in [-0.1, -0.05) is 52.7 Å². The Bertz CT molecular complexity index is 1200. The number of rotatable bonds is 9. The second-order valence-electron chi connectivity index (χ2n) is 13.6. The van der Waals surface area contributed by atoms with E-state index in [4.69, 9.17) is 15.2 Å². The molecule has 4 N–H and O–H groups in total. The zero-order valence-corrected chi connectivity index (χ0v) is 25.5. The molecule has 1 unspecified atom stereocenters. The van der Waals surface area contributed by atoms with Crippen LogP contribution in [0.25, 0.3) is 0 Å². The number of nitrogens with two attached hydrogens (primary N) is 1. The summed E-state index contributed by atoms with van der Waals surface area (Å²) in [5.41, 5.74) is -0.180. The van der Waals surface area contributed by atoms with E-state index in [1.807, 2.05) is 6.92 Å². The molecule has 0 bridgehead atoms. The maximum atomic E-state index is 17.6. The zero-order chi connectivity index (χ0) is 31.4. The molecule has 0 heterocycles. The number of ether oxygens (including phenoxy) is 2. The summed E-state index contributed by atoms with van der Waals surface area (Å²) in [5.74, 6) is -5.17. The third kappa shape index (κ3) is 4.59. The van der Waals surface area contributed by atoms with Crippen molar-refractivity contribution in [3.63, 3.8) is 0 Å². The van der Waals surface area contributed by atoms with Crippen molar-refractivity contribution in [2.24, 2.45) is 40.2 Å². The van der Waals surface area contributed by atoms with Gasteiger partial charge in [-0.15, -0.1) is 0 Å². The topological polar surface area (TPSA) is 153 Å². The quantitative estimate of drug-likeness (QED) is 0.270. The van der Waals surface area contributed by atoms with Crippen molar-refractivity contribution >= 4 is 23.5 Å². The monoisotopic (exact) mass is 591 g/mol. The molecule has 4 aliphatic rings. The van der Waals surface area contributed by atoms with E-state index < -0.39 is 76.0 Å². The number of carbonyl (C=O) groups excluding carboxylic acids is 4. The number of ketones is 2. The minimum atomic E-state index is -2.28. The number of allylic oxidation sites excluding steroid dienone is 4. The molecule has 10 heteroatoms. The fourth-order valence-electron chi connectivity index (χ4n) is 8.57. The van der Waals surface area contributed by atoms with Gasteiger partial charge >= 0.3 is 11.9 Å². The lowest BCUT2D eigenvalue weighted by atomic mass is 9.44. The Labute approximate surface area is 247 Å². The molecule has 0 aliphatic heterocycles. The number of alkyl halides is 1. The minimum absolute atomic E-state index is 0.0250. The number of aliphatic hydroxyl groups excluding tert-OH is 2. The third-order valence-corrected chi connectivity index (χ3v) is 11.0. The van der Waals surface area contributed by atoms with Crippen LogP contribution in [-0.4, -0.2) is 63.4 Å². The first kappa shape index (κ1) is 32.5. The molecule has 0 aromatic carbocycles. The minimum Gasteiger partial charge on any atom is -0.450 e. The van der Waals surface area contributed by atoms with Gasteiger partial charge in [0, 0.05) is 29.1 Å². The molecule has 0 aromatic heterocycles. The van der Waals surface area contributed by atoms with E-state index in [0.29, 0.717) is 31.3 Å². The van der Waals surface area contributed by atoms with E-state index in [1.165, 1.54) is 12.2 Å². The predicted octanol–water partition coefficient (Wildman–Crippen LogP) is 3.49. The summed E-state index contributed by atoms with van der Waals surface area (Å²) in [6, 6.07) is -1.09. The van der Waals surface area contributed by atoms with Gasteiger partial charge in [0.2, 0.25) is 5.78 Å². The number of esters is 2. The van der Waals surface area contributed by atoms with Crippen LogP contribution < -0.4 is 5.73 Å². The molecule has 234 valence electrons. The molecule has 0 saturated heterocycles. The highest BCUT2D eigenvalue weighted by molar-refractivity contribution is 6.01. The highest BCUT2D eigenvalue weighted by Gasteiger charge is 2.78. The van der Waals surface area contributed by atoms with E-state index >= 15 is 4.39 Å². The molecule has 0 aromatic rings. The first-order valence-corrected chi connectivity index (χ1v) is 15.2. The summed E-state index contributed by atoms with van der Waals surface area (Å²) in [4.78, 5) is 52.2. The van der Waals surface area contributed by atoms with E-state index in [-0.39, 0.29) is 31.0 Å². The molecule has 3 saturated carbocycles. The van der Waals surface area contributed by atoms with Crippen LogP contribution in [0, 0.1) is 34.5 Å². The Morgan fingerprint density at radius 1 is 1.21 bits per heavy atom. The molecule has 0 radical (unpaired) electrons. The van der Waals surface area contributed by atoms with Crippen molar-refractivity contribution in [3.8, 4) is 0 Å². The second kappa shape index (κ2) is 11.2. The van der Waals surface area contributed by atoms with Crippen LogP contribution in [0.5, 0.6) is 0 Å². The van der Waals surface area contributed by atoms with Crippen molar-refractivity contribution in [1.29, 1.82) is 0 Å². The smallest absolute Gasteiger partial charge is 0.325 e. The number of hydrogen-bond donors (Lipinski definition) is 3. The highest BCUT2D eigenvalue weighted by atomic mass is 19.1. The van der Waals surface area contributed by atoms with Gasteiger partial charge in [0.15, 0.2) is 17.1 Å². The normalized spacial score (nSPS) is 40.4. The molecule has 9 nitrogen and oxygen atoms in total. The predicted molar refractivity (Wildman–Crippen MR) is 151 cm³/mol. The van der Waals surface area contributed by atoms with Crippen molar-refractivity contribution in [3.05, 3.63) is 23.8 Å². The second-order valence-corrected chi connectivity index (χ2v) is 13.6. The van der Waals surface area contributed by atoms with Crippen LogP contribution in [0.2, 0.25) is 0 Å². The standard InChI is InChI=1S/C32H46FNO8/c1-7-8-9-24(37)42-32(26(38)28(40)41-27(39)25(34)17(2)3)18(4)14-22-21-11-10-19-15-20(35)12-13-29(19,5)31(21,33)23(36)16-30(22,32)6/h12-13,15,17-18,21-23,25,28,36,40H,7-11,14,16,34H2,1-6H3/t18-,21-,22-,23-,25-,28?,29-,30-,31-,32-/m0/s1. The largest absolute Gasteiger partial charge is 0.450 e. The van der Waals surface area contributed by atoms with Crippen molar-refractivity contribution < 1.29 is 43.3 Å². The SMILES string of the molecule is CCCCC(=O)O[C@]1(C(=O)C(O)OC(=O)[C@@H](N)C(C)C)[C@@H](C)C[C@H]2[C@@H]3CCC4=CC(=O)C=C[C@]4(C)[C@@]3(F)[C@@H](O)C[C@@]21C. The zero-order valence-electron chi connectivity index (χ0n) is 25.5. The fourth-order valence-corrected chi connectivity index (χ4v) is 8.57. The lowest BCUT2D eigenvalue weighted by molar-refractivity contribution is -0.236. The van der Waals surface area contributed by atoms with Crippen LogP contribution in [-0.2, 0) is 28.7 Å². The first-order chi connectivity index (χ1) is 19.5. The molecule has 4 aliphatic carbocycles. The molecular weight excluding hydrogens is 545 g/mol. The van der Waals surface area contributed by atoms with Gasteiger partial charge < -0.3 is 25.4 Å². The van der Waals surface area contributed by atoms with Crippen molar-refractivity contribution in [1.82, 2.24) is 0 Å². The van der Waals surface area contributed by atoms with Gasteiger partial charge in [0.25, 0.3) is 6.29 Å². The Morgan fingerprint density at radius 2 is 1.88 bits per heavy atom. The summed E-state index contributed by atoms with van der Waals surface area (Å²) in [6.45, 7) is 10.4. The number of hydrogen-bond acceptors (Lipinski definition) is 9. The van der Waals surface area contributed by atoms with Gasteiger partial charge in [-0.2, -0.15) is 0 Å². The molecular formula is C32H46FNO8. The van der Waals surface area contributed by atoms with E-state index in [0.717, 1.165) is 0 Å². The van der Waals surface area contributed by atoms with Crippen LogP contribution in [0.3, 0.4) is 0 Å². The summed E-state index contributed by atoms with van der Waals surface area (Å²) in [5, 5.41) is 22.7. The lowest BCUT2D eigenvalue weighted by Crippen LogP contribution is -2.70. The number of carbonyl (C=O) groups is 4. The van der Waals surface area contributed by atoms with Crippen molar-refractivity contribution in [2.45, 2.75) is 116 Å². The third-order valence-electron chi connectivity index (χ3n) is 11.0. The number of fused-ring (bicyclic) bond motifs is 5. The molecule has 10 atom stereocenters. The molecule has 0 spiro atoms. The van der Waals surface area contributed by atoms with Crippen LogP contribution in [0.4, 0.5) is 4.39 Å². The summed E-state index contributed by atoms with van der Waals surface area (Å²) in [6.07, 6.45) is 2.47. The van der Waals surface area contributed by atoms with Crippen LogP contribution in [0.1, 0.15) is 86.5 Å². The number of unbranched alkanes of at least 4 members (excludes halogenated alkanes) is 1. The number of halogens is 1. The van der Waals surface area contributed by atoms with Gasteiger partial charge in [-0.25, -0.2) is 4.39 Å².